The van der Waals surface area contributed by atoms with Crippen LogP contribution in [0.1, 0.15) is 41.6 Å². The topological polar surface area (TPSA) is 112 Å². The molecule has 9 nitrogen and oxygen atoms in total. The van der Waals surface area contributed by atoms with E-state index in [1.54, 1.807) is 72.8 Å². The first kappa shape index (κ1) is 28.9. The van der Waals surface area contributed by atoms with Crippen LogP contribution in [-0.4, -0.2) is 39.5 Å². The van der Waals surface area contributed by atoms with Gasteiger partial charge in [-0.1, -0.05) is 18.2 Å². The number of nitrogens with zero attached hydrogens (tertiary/aromatic N) is 2. The number of anilines is 1. The van der Waals surface area contributed by atoms with Crippen molar-refractivity contribution in [1.82, 2.24) is 9.78 Å². The molecule has 4 aromatic carbocycles. The van der Waals surface area contributed by atoms with Crippen molar-refractivity contribution in [3.63, 3.8) is 0 Å². The van der Waals surface area contributed by atoms with Crippen LogP contribution in [0.4, 0.5) is 5.69 Å². The van der Waals surface area contributed by atoms with Crippen LogP contribution in [0.3, 0.4) is 0 Å². The first-order chi connectivity index (χ1) is 20.8. The minimum Gasteiger partial charge on any atom is -0.494 e. The van der Waals surface area contributed by atoms with Crippen molar-refractivity contribution in [3.05, 3.63) is 114 Å². The summed E-state index contributed by atoms with van der Waals surface area (Å²) in [6, 6.07) is 30.3. The summed E-state index contributed by atoms with van der Waals surface area (Å²) in [7, 11) is 0. The predicted molar refractivity (Wildman–Crippen MR) is 164 cm³/mol. The van der Waals surface area contributed by atoms with E-state index >= 15 is 0 Å². The second-order valence-electron chi connectivity index (χ2n) is 9.80. The van der Waals surface area contributed by atoms with Crippen LogP contribution in [0.15, 0.2) is 103 Å². The summed E-state index contributed by atoms with van der Waals surface area (Å²) in [6.45, 7) is 6.22. The Kier molecular flexibility index (Phi) is 8.71. The van der Waals surface area contributed by atoms with Crippen LogP contribution in [0, 0.1) is 0 Å². The number of rotatable bonds is 11. The van der Waals surface area contributed by atoms with Gasteiger partial charge in [-0.25, -0.2) is 9.48 Å². The van der Waals surface area contributed by atoms with E-state index in [1.165, 1.54) is 4.68 Å². The average Bonchev–Trinajstić information content (AvgIpc) is 3.38. The molecule has 0 saturated carbocycles. The fourth-order valence-electron chi connectivity index (χ4n) is 4.44. The van der Waals surface area contributed by atoms with Gasteiger partial charge in [0.25, 0.3) is 5.91 Å². The lowest BCUT2D eigenvalue weighted by Gasteiger charge is -2.13. The molecule has 5 aromatic rings. The Morgan fingerprint density at radius 1 is 0.814 bits per heavy atom. The maximum Gasteiger partial charge on any atom is 0.358 e. The Labute approximate surface area is 249 Å². The Morgan fingerprint density at radius 3 is 2.02 bits per heavy atom. The number of benzene rings is 4. The van der Waals surface area contributed by atoms with Crippen molar-refractivity contribution in [2.24, 2.45) is 0 Å². The summed E-state index contributed by atoms with van der Waals surface area (Å²) in [4.78, 5) is 25.8. The highest BCUT2D eigenvalue weighted by Gasteiger charge is 2.27. The smallest absolute Gasteiger partial charge is 0.358 e. The van der Waals surface area contributed by atoms with E-state index in [9.17, 15) is 14.7 Å². The van der Waals surface area contributed by atoms with Gasteiger partial charge in [-0.2, -0.15) is 5.10 Å². The third-order valence-corrected chi connectivity index (χ3v) is 6.31. The Morgan fingerprint density at radius 2 is 1.42 bits per heavy atom. The van der Waals surface area contributed by atoms with Crippen LogP contribution in [0.25, 0.3) is 16.9 Å². The van der Waals surface area contributed by atoms with Gasteiger partial charge in [0, 0.05) is 11.1 Å². The number of carboxylic acids is 1. The largest absolute Gasteiger partial charge is 0.494 e. The molecule has 0 spiro atoms. The number of carbonyl (C=O) groups is 2. The standard InChI is InChI=1S/C34H31N3O6/c1-4-41-26-16-10-23(11-17-26)32-30(35-33(38)24-12-18-28(19-13-24)42-22(2)3)31(34(39)40)36-37(32)25-14-20-29(21-15-25)43-27-8-6-5-7-9-27/h5-22H,4H2,1-3H3,(H,35,38)(H,39,40). The zero-order chi connectivity index (χ0) is 30.3. The number of hydrogen-bond donors (Lipinski definition) is 2. The number of nitrogens with one attached hydrogen (secondary N) is 1. The van der Waals surface area contributed by atoms with Gasteiger partial charge < -0.3 is 24.6 Å². The molecule has 2 N–H and O–H groups in total. The molecule has 218 valence electrons. The number of para-hydroxylation sites is 1. The number of carboxylic acid groups (broad SMARTS) is 1. The molecular weight excluding hydrogens is 546 g/mol. The summed E-state index contributed by atoms with van der Waals surface area (Å²) in [5.74, 6) is 0.795. The summed E-state index contributed by atoms with van der Waals surface area (Å²) in [5, 5.41) is 17.4. The van der Waals surface area contributed by atoms with E-state index in [-0.39, 0.29) is 17.5 Å². The van der Waals surface area contributed by atoms with Crippen LogP contribution >= 0.6 is 0 Å². The van der Waals surface area contributed by atoms with Gasteiger partial charge in [0.05, 0.1) is 24.1 Å². The summed E-state index contributed by atoms with van der Waals surface area (Å²) in [6.07, 6.45) is -0.0146. The number of aromatic carboxylic acids is 1. The lowest BCUT2D eigenvalue weighted by molar-refractivity contribution is 0.0691. The summed E-state index contributed by atoms with van der Waals surface area (Å²) in [5.41, 5.74) is 1.69. The molecule has 43 heavy (non-hydrogen) atoms. The van der Waals surface area contributed by atoms with Gasteiger partial charge in [0.1, 0.15) is 28.7 Å². The maximum absolute atomic E-state index is 13.4. The monoisotopic (exact) mass is 577 g/mol. The number of carbonyl (C=O) groups excluding carboxylic acids is 1. The Balaban J connectivity index is 1.55. The highest BCUT2D eigenvalue weighted by Crippen LogP contribution is 2.36. The van der Waals surface area contributed by atoms with E-state index in [0.717, 1.165) is 0 Å². The molecule has 0 radical (unpaired) electrons. The van der Waals surface area contributed by atoms with Crippen molar-refractivity contribution in [2.75, 3.05) is 11.9 Å². The Hall–Kier alpha value is -5.57. The fourth-order valence-corrected chi connectivity index (χ4v) is 4.44. The lowest BCUT2D eigenvalue weighted by Crippen LogP contribution is -2.15. The minimum absolute atomic E-state index is 0.0146. The highest BCUT2D eigenvalue weighted by molar-refractivity contribution is 6.10. The first-order valence-corrected chi connectivity index (χ1v) is 13.8. The maximum atomic E-state index is 13.4. The van der Waals surface area contributed by atoms with E-state index in [1.807, 2.05) is 51.1 Å². The molecule has 1 aromatic heterocycles. The third kappa shape index (κ3) is 6.84. The molecule has 0 aliphatic rings. The van der Waals surface area contributed by atoms with Crippen LogP contribution in [0.5, 0.6) is 23.0 Å². The normalized spacial score (nSPS) is 10.8. The first-order valence-electron chi connectivity index (χ1n) is 13.8. The molecule has 0 unspecified atom stereocenters. The molecular formula is C34H31N3O6. The predicted octanol–water partition coefficient (Wildman–Crippen LogP) is 7.47. The van der Waals surface area contributed by atoms with E-state index < -0.39 is 11.9 Å². The van der Waals surface area contributed by atoms with Crippen LogP contribution < -0.4 is 19.5 Å². The highest BCUT2D eigenvalue weighted by atomic mass is 16.5. The molecule has 5 rings (SSSR count). The minimum atomic E-state index is -1.29. The van der Waals surface area contributed by atoms with Crippen molar-refractivity contribution in [1.29, 1.82) is 0 Å². The zero-order valence-electron chi connectivity index (χ0n) is 24.0. The zero-order valence-corrected chi connectivity index (χ0v) is 24.0. The summed E-state index contributed by atoms with van der Waals surface area (Å²) >= 11 is 0. The summed E-state index contributed by atoms with van der Waals surface area (Å²) < 4.78 is 18.7. The molecule has 9 heteroatoms. The van der Waals surface area contributed by atoms with Gasteiger partial charge in [-0.05, 0) is 106 Å². The van der Waals surface area contributed by atoms with E-state index in [4.69, 9.17) is 14.2 Å². The second-order valence-corrected chi connectivity index (χ2v) is 9.80. The molecule has 0 fully saturated rings. The molecule has 1 amide bonds. The molecule has 0 saturated heterocycles. The van der Waals surface area contributed by atoms with Gasteiger partial charge in [-0.15, -0.1) is 0 Å². The van der Waals surface area contributed by atoms with Crippen LogP contribution in [0.2, 0.25) is 0 Å². The molecule has 0 atom stereocenters. The Bertz CT molecular complexity index is 1690. The quantitative estimate of drug-likeness (QED) is 0.167. The SMILES string of the molecule is CCOc1ccc(-c2c(NC(=O)c3ccc(OC(C)C)cc3)c(C(=O)O)nn2-c2ccc(Oc3ccccc3)cc2)cc1. The second kappa shape index (κ2) is 12.9. The molecule has 1 heterocycles. The van der Waals surface area contributed by atoms with Gasteiger partial charge >= 0.3 is 5.97 Å². The number of ether oxygens (including phenoxy) is 3. The van der Waals surface area contributed by atoms with Crippen molar-refractivity contribution < 1.29 is 28.9 Å². The molecule has 0 bridgehead atoms. The molecule has 0 aliphatic carbocycles. The lowest BCUT2D eigenvalue weighted by atomic mass is 10.1. The fraction of sp³-hybridized carbons (Fsp3) is 0.147. The third-order valence-electron chi connectivity index (χ3n) is 6.31. The number of hydrogen-bond acceptors (Lipinski definition) is 6. The van der Waals surface area contributed by atoms with E-state index in [2.05, 4.69) is 10.4 Å². The van der Waals surface area contributed by atoms with Gasteiger partial charge in [0.2, 0.25) is 0 Å². The number of aromatic nitrogens is 2. The van der Waals surface area contributed by atoms with E-state index in [0.29, 0.717) is 52.1 Å². The molecule has 0 aliphatic heterocycles. The van der Waals surface area contributed by atoms with Gasteiger partial charge in [-0.3, -0.25) is 4.79 Å². The van der Waals surface area contributed by atoms with Gasteiger partial charge in [0.15, 0.2) is 5.69 Å². The van der Waals surface area contributed by atoms with Crippen LogP contribution in [-0.2, 0) is 0 Å². The van der Waals surface area contributed by atoms with Crippen molar-refractivity contribution >= 4 is 17.6 Å². The van der Waals surface area contributed by atoms with Crippen molar-refractivity contribution in [3.8, 4) is 39.9 Å². The number of amides is 1. The average molecular weight is 578 g/mol. The van der Waals surface area contributed by atoms with Crippen molar-refractivity contribution in [2.45, 2.75) is 26.9 Å².